The van der Waals surface area contributed by atoms with Gasteiger partial charge in [-0.2, -0.15) is 27.4 Å². The van der Waals surface area contributed by atoms with Crippen LogP contribution in [0.15, 0.2) is 215 Å². The minimum absolute atomic E-state index is 0. The fourth-order valence-corrected chi connectivity index (χ4v) is 9.21. The normalized spacial score (nSPS) is 11.2. The van der Waals surface area contributed by atoms with E-state index in [0.29, 0.717) is 64.6 Å². The summed E-state index contributed by atoms with van der Waals surface area (Å²) < 4.78 is 10.8. The molecule has 2 heterocycles. The largest absolute Gasteiger partial charge is 2.00 e. The number of alkyl halides is 1. The number of hydrogen-bond acceptors (Lipinski definition) is 9. The van der Waals surface area contributed by atoms with E-state index < -0.39 is 0 Å². The third kappa shape index (κ3) is 33.6. The van der Waals surface area contributed by atoms with Crippen LogP contribution in [0.3, 0.4) is 0 Å². The van der Waals surface area contributed by atoms with Crippen LogP contribution < -0.4 is 56.5 Å². The van der Waals surface area contributed by atoms with Gasteiger partial charge in [-0.1, -0.05) is 232 Å². The topological polar surface area (TPSA) is 153 Å². The number of aliphatic hydroxyl groups is 1. The van der Waals surface area contributed by atoms with Crippen molar-refractivity contribution in [2.75, 3.05) is 0 Å². The van der Waals surface area contributed by atoms with Gasteiger partial charge in [0.1, 0.15) is 0 Å². The van der Waals surface area contributed by atoms with E-state index in [9.17, 15) is 10.2 Å². The minimum atomic E-state index is -0.265. The first-order valence-electron chi connectivity index (χ1n) is 32.1. The summed E-state index contributed by atoms with van der Waals surface area (Å²) in [6.45, 7) is 43.4. The van der Waals surface area contributed by atoms with Gasteiger partial charge in [-0.05, 0) is 136 Å². The second kappa shape index (κ2) is 52.2. The van der Waals surface area contributed by atoms with E-state index in [0.717, 1.165) is 64.1 Å². The zero-order valence-electron chi connectivity index (χ0n) is 60.9. The van der Waals surface area contributed by atoms with Crippen LogP contribution in [0.5, 0.6) is 0 Å². The minimum Gasteiger partial charge on any atom is -0.857 e. The number of aromatic nitrogens is 2. The van der Waals surface area contributed by atoms with Gasteiger partial charge in [0, 0.05) is 58.8 Å². The molecule has 0 spiro atoms. The van der Waals surface area contributed by atoms with E-state index in [-0.39, 0.29) is 96.2 Å². The number of pyridine rings is 2. The van der Waals surface area contributed by atoms with Crippen LogP contribution >= 0.6 is 11.6 Å². The fourth-order valence-electron chi connectivity index (χ4n) is 9.04. The van der Waals surface area contributed by atoms with Crippen molar-refractivity contribution in [3.05, 3.63) is 257 Å². The van der Waals surface area contributed by atoms with Gasteiger partial charge < -0.3 is 19.8 Å². The van der Waals surface area contributed by atoms with Crippen LogP contribution in [0, 0.1) is 6.92 Å². The molecule has 6 aromatic carbocycles. The molecule has 8 rings (SSSR count). The molecule has 8 aromatic rings. The molecular weight excluding hydrogens is 1300 g/mol. The summed E-state index contributed by atoms with van der Waals surface area (Å²) in [5, 5.41) is 24.1. The first kappa shape index (κ1) is 88.0. The van der Waals surface area contributed by atoms with E-state index in [2.05, 4.69) is 210 Å². The number of carbonyl (C=O) groups excluding carboxylic acids is 2. The standard InChI is InChI=1S/2C27H38N2O.C7H7Cl.C7H7.2C5H5N.2CHO.K.2Ni/c2*1-16(2)21-12-10-13-22(17(3)4)25(21)28-20(9)27(30)29-26-23(18(5)6)14-11-15-24(26)19(7)8;8-6-7-4-2-1-3-5-7;1-7-5-3-2-4-6-7;2*1-2-4-6-5-3-1;2*1-2;;;/h2*10-19H,1-9H3,(H,29,30);1-5H,6H2;2-6H,1H2;2*1-5H;2*1H;;;/q;;;-1;;;2*-1;+1;;+2/p-1/i;;;;;;2*1D;;;. The summed E-state index contributed by atoms with van der Waals surface area (Å²) in [4.78, 5) is 43.2. The summed E-state index contributed by atoms with van der Waals surface area (Å²) in [7, 11) is 0. The van der Waals surface area contributed by atoms with Crippen molar-refractivity contribution in [3.63, 3.8) is 0 Å². The van der Waals surface area contributed by atoms with E-state index in [4.69, 9.17) is 33.9 Å². The number of halogens is 1. The number of para-hydroxylation sites is 4. The molecule has 0 saturated carbocycles. The molecule has 14 heteroatoms. The molecule has 0 saturated heterocycles. The number of aliphatic hydroxyl groups excluding tert-OH is 1. The summed E-state index contributed by atoms with van der Waals surface area (Å²) >= 11 is 5.53. The van der Waals surface area contributed by atoms with Crippen molar-refractivity contribution in [1.82, 2.24) is 9.97 Å². The number of benzene rings is 6. The average Bonchev–Trinajstić information content (AvgIpc) is 0.832. The second-order valence-electron chi connectivity index (χ2n) is 23.8. The van der Waals surface area contributed by atoms with Gasteiger partial charge in [0.25, 0.3) is 0 Å². The Hall–Kier alpha value is -5.98. The van der Waals surface area contributed by atoms with E-state index in [1.807, 2.05) is 104 Å². The summed E-state index contributed by atoms with van der Waals surface area (Å²) in [5.74, 6) is 2.92. The Bertz CT molecular complexity index is 2990. The van der Waals surface area contributed by atoms with Crippen LogP contribution in [0.25, 0.3) is 0 Å². The molecule has 0 unspecified atom stereocenters. The Morgan fingerprint density at radius 3 is 0.872 bits per heavy atom. The third-order valence-corrected chi connectivity index (χ3v) is 14.3. The van der Waals surface area contributed by atoms with Crippen LogP contribution in [0.4, 0.5) is 22.7 Å². The summed E-state index contributed by atoms with van der Waals surface area (Å²) in [6.07, 6.45) is 7.00. The first-order valence-corrected chi connectivity index (χ1v) is 31.7. The van der Waals surface area contributed by atoms with Gasteiger partial charge in [0.15, 0.2) is 0 Å². The van der Waals surface area contributed by atoms with Crippen molar-refractivity contribution in [1.29, 1.82) is 0 Å². The Morgan fingerprint density at radius 2 is 0.670 bits per heavy atom. The zero-order chi connectivity index (χ0) is 70.0. The van der Waals surface area contributed by atoms with Gasteiger partial charge in [-0.3, -0.25) is 33.5 Å². The zero-order valence-corrected chi connectivity index (χ0v) is 64.7. The van der Waals surface area contributed by atoms with Gasteiger partial charge in [0.2, 0.25) is 5.90 Å². The number of rotatable bonds is 15. The Morgan fingerprint density at radius 1 is 0.436 bits per heavy atom. The molecule has 94 heavy (non-hydrogen) atoms. The van der Waals surface area contributed by atoms with E-state index in [1.165, 1.54) is 27.8 Å². The predicted octanol–water partition coefficient (Wildman–Crippen LogP) is 18.8. The molecule has 0 amide bonds. The van der Waals surface area contributed by atoms with Gasteiger partial charge in [-0.15, -0.1) is 23.7 Å². The van der Waals surface area contributed by atoms with Crippen LogP contribution in [0.1, 0.15) is 230 Å². The maximum atomic E-state index is 13.1. The summed E-state index contributed by atoms with van der Waals surface area (Å²) in [6, 6.07) is 56.4. The van der Waals surface area contributed by atoms with E-state index in [1.54, 1.807) is 31.7 Å². The molecule has 504 valence electrons. The van der Waals surface area contributed by atoms with Crippen molar-refractivity contribution >= 4 is 71.1 Å². The van der Waals surface area contributed by atoms with Crippen LogP contribution in [0.2, 0.25) is 0 Å². The SMILES string of the molecule is CC(=Nc1c(C(C)C)cccc1C(C)C)C(O)=Nc1c(C(C)C)cccc1C(C)C.CC(=Nc1c(C(C)C)cccc1C(C)C)C([O-])=Nc1c(C(C)C)cccc1C(C)C.ClCc1ccccc1.[2H][C-]=O.[2H][C-]=O.[CH2-]c1ccccc1.[K+].[Ni+2].[Ni].c1ccncc1.c1ccncc1. The molecule has 0 aliphatic heterocycles. The predicted molar refractivity (Wildman–Crippen MR) is 390 cm³/mol. The maximum absolute atomic E-state index is 13.1. The number of aliphatic imine (C=N–C) groups is 4. The molecule has 0 atom stereocenters. The molecule has 10 nitrogen and oxygen atoms in total. The third-order valence-electron chi connectivity index (χ3n) is 14.0. The fraction of sp³-hybridized carbons (Fsp3) is 0.338. The first-order chi connectivity index (χ1) is 44.2. The molecule has 1 N–H and O–H groups in total. The van der Waals surface area contributed by atoms with Crippen molar-refractivity contribution < 1.29 is 107 Å². The van der Waals surface area contributed by atoms with Crippen molar-refractivity contribution in [3.8, 4) is 0 Å². The van der Waals surface area contributed by atoms with Crippen molar-refractivity contribution in [2.45, 2.75) is 178 Å². The quantitative estimate of drug-likeness (QED) is 0.0269. The van der Waals surface area contributed by atoms with Crippen LogP contribution in [-0.4, -0.2) is 51.8 Å². The molecule has 2 aromatic heterocycles. The Balaban J connectivity index is -0.00000120. The molecule has 0 aliphatic carbocycles. The van der Waals surface area contributed by atoms with Gasteiger partial charge >= 0.3 is 67.9 Å². The maximum Gasteiger partial charge on any atom is 2.00 e. The second-order valence-corrected chi connectivity index (χ2v) is 24.0. The van der Waals surface area contributed by atoms with Crippen LogP contribution in [-0.2, 0) is 48.5 Å². The monoisotopic (exact) mass is 1400 g/mol. The van der Waals surface area contributed by atoms with Gasteiger partial charge in [0.05, 0.1) is 28.5 Å². The molecule has 0 aliphatic rings. The molecule has 0 bridgehead atoms. The average molecular weight is 1400 g/mol. The Kier molecular flexibility index (Phi) is 48.9. The smallest absolute Gasteiger partial charge is 0.857 e. The molecule has 0 fully saturated rings. The Labute approximate surface area is 636 Å². The van der Waals surface area contributed by atoms with Gasteiger partial charge in [-0.25, -0.2) is 9.98 Å². The van der Waals surface area contributed by atoms with E-state index >= 15 is 0 Å². The van der Waals surface area contributed by atoms with Crippen molar-refractivity contribution in [2.24, 2.45) is 20.0 Å². The number of hydrogen-bond donors (Lipinski definition) is 1. The molecular formula is C80H101ClKN6Ni2O4-. The molecule has 0 radical (unpaired) electrons. The summed E-state index contributed by atoms with van der Waals surface area (Å²) in [5.41, 5.74) is 16.0. The number of nitrogens with zero attached hydrogens (tertiary/aromatic N) is 6.